The van der Waals surface area contributed by atoms with Crippen LogP contribution in [0, 0.1) is 0 Å². The Morgan fingerprint density at radius 2 is 2.14 bits per heavy atom. The van der Waals surface area contributed by atoms with Gasteiger partial charge >= 0.3 is 0 Å². The summed E-state index contributed by atoms with van der Waals surface area (Å²) in [5, 5.41) is 12.5. The second-order valence-electron chi connectivity index (χ2n) is 7.79. The van der Waals surface area contributed by atoms with Crippen LogP contribution in [0.25, 0.3) is 22.3 Å². The average molecular weight is 392 g/mol. The monoisotopic (exact) mass is 392 g/mol. The molecule has 0 bridgehead atoms. The third-order valence-corrected chi connectivity index (χ3v) is 6.02. The molecule has 3 aromatic rings. The molecule has 2 aliphatic heterocycles. The number of hydrogen-bond donors (Lipinski definition) is 1. The standard InChI is InChI=1S/C23H24N2O4/c1-3-9-28-22-23(27,4-2)17-11-19-20-15(10-14-7-5-6-8-18(14)24-20)12-25(19)21(26)16(17)13-29-22/h5-8,10-11,22,27H,3-4,9,12-13H2,1-2H3/t22-,23+/m1/s1. The number of para-hydroxylation sites is 1. The zero-order valence-electron chi connectivity index (χ0n) is 16.6. The second kappa shape index (κ2) is 6.76. The lowest BCUT2D eigenvalue weighted by atomic mass is 9.85. The highest BCUT2D eigenvalue weighted by molar-refractivity contribution is 5.84. The normalized spacial score (nSPS) is 22.4. The Balaban J connectivity index is 1.70. The van der Waals surface area contributed by atoms with E-state index in [0.717, 1.165) is 34.3 Å². The van der Waals surface area contributed by atoms with Crippen molar-refractivity contribution in [3.05, 3.63) is 63.4 Å². The maximum atomic E-state index is 13.3. The van der Waals surface area contributed by atoms with Crippen molar-refractivity contribution in [2.24, 2.45) is 0 Å². The molecule has 0 fully saturated rings. The van der Waals surface area contributed by atoms with Crippen LogP contribution in [0.1, 0.15) is 43.4 Å². The van der Waals surface area contributed by atoms with Crippen molar-refractivity contribution in [2.45, 2.75) is 51.7 Å². The van der Waals surface area contributed by atoms with E-state index in [1.54, 1.807) is 4.57 Å². The average Bonchev–Trinajstić information content (AvgIpc) is 3.10. The first-order chi connectivity index (χ1) is 14.1. The summed E-state index contributed by atoms with van der Waals surface area (Å²) in [4.78, 5) is 18.1. The van der Waals surface area contributed by atoms with Gasteiger partial charge in [0.1, 0.15) is 5.60 Å². The van der Waals surface area contributed by atoms with Gasteiger partial charge in [0, 0.05) is 28.7 Å². The van der Waals surface area contributed by atoms with Crippen LogP contribution in [0.3, 0.4) is 0 Å². The first-order valence-electron chi connectivity index (χ1n) is 10.2. The molecule has 2 atom stereocenters. The lowest BCUT2D eigenvalue weighted by Crippen LogP contribution is -2.48. The third-order valence-electron chi connectivity index (χ3n) is 6.02. The van der Waals surface area contributed by atoms with Gasteiger partial charge in [-0.05, 0) is 31.0 Å². The van der Waals surface area contributed by atoms with Crippen LogP contribution >= 0.6 is 0 Å². The Labute approximate surface area is 168 Å². The summed E-state index contributed by atoms with van der Waals surface area (Å²) < 4.78 is 13.3. The summed E-state index contributed by atoms with van der Waals surface area (Å²) >= 11 is 0. The van der Waals surface area contributed by atoms with E-state index in [9.17, 15) is 9.90 Å². The fraction of sp³-hybridized carbons (Fsp3) is 0.391. The van der Waals surface area contributed by atoms with Gasteiger partial charge in [-0.3, -0.25) is 4.79 Å². The molecule has 150 valence electrons. The molecule has 0 amide bonds. The van der Waals surface area contributed by atoms with Crippen molar-refractivity contribution in [3.63, 3.8) is 0 Å². The highest BCUT2D eigenvalue weighted by Crippen LogP contribution is 2.41. The molecule has 0 aliphatic carbocycles. The number of nitrogens with zero attached hydrogens (tertiary/aromatic N) is 2. The Morgan fingerprint density at radius 3 is 2.93 bits per heavy atom. The van der Waals surface area contributed by atoms with E-state index in [1.165, 1.54) is 0 Å². The summed E-state index contributed by atoms with van der Waals surface area (Å²) in [5.41, 5.74) is 3.08. The molecule has 0 saturated carbocycles. The quantitative estimate of drug-likeness (QED) is 0.577. The summed E-state index contributed by atoms with van der Waals surface area (Å²) in [6, 6.07) is 12.0. The van der Waals surface area contributed by atoms with E-state index in [0.29, 0.717) is 30.7 Å². The van der Waals surface area contributed by atoms with Gasteiger partial charge in [0.2, 0.25) is 0 Å². The predicted molar refractivity (Wildman–Crippen MR) is 110 cm³/mol. The van der Waals surface area contributed by atoms with Gasteiger partial charge < -0.3 is 19.1 Å². The van der Waals surface area contributed by atoms with Crippen LogP contribution in [0.5, 0.6) is 0 Å². The molecular weight excluding hydrogens is 368 g/mol. The van der Waals surface area contributed by atoms with Crippen LogP contribution in [0.2, 0.25) is 0 Å². The fourth-order valence-corrected chi connectivity index (χ4v) is 4.43. The van der Waals surface area contributed by atoms with Crippen molar-refractivity contribution in [1.82, 2.24) is 9.55 Å². The van der Waals surface area contributed by atoms with E-state index in [2.05, 4.69) is 6.07 Å². The lowest BCUT2D eigenvalue weighted by molar-refractivity contribution is -0.260. The van der Waals surface area contributed by atoms with E-state index >= 15 is 0 Å². The van der Waals surface area contributed by atoms with Gasteiger partial charge in [0.15, 0.2) is 6.29 Å². The molecule has 0 unspecified atom stereocenters. The molecule has 0 radical (unpaired) electrons. The maximum Gasteiger partial charge on any atom is 0.257 e. The minimum atomic E-state index is -1.36. The van der Waals surface area contributed by atoms with Crippen LogP contribution in [0.15, 0.2) is 41.2 Å². The third kappa shape index (κ3) is 2.67. The number of rotatable bonds is 4. The van der Waals surface area contributed by atoms with Gasteiger partial charge in [-0.1, -0.05) is 32.0 Å². The number of hydrogen-bond acceptors (Lipinski definition) is 5. The van der Waals surface area contributed by atoms with Crippen molar-refractivity contribution < 1.29 is 14.6 Å². The number of aromatic nitrogens is 2. The van der Waals surface area contributed by atoms with E-state index in [4.69, 9.17) is 14.5 Å². The maximum absolute atomic E-state index is 13.3. The largest absolute Gasteiger partial charge is 0.380 e. The summed E-state index contributed by atoms with van der Waals surface area (Å²) in [6.07, 6.45) is 0.423. The first kappa shape index (κ1) is 18.5. The number of ether oxygens (including phenoxy) is 2. The number of pyridine rings is 2. The molecule has 1 N–H and O–H groups in total. The molecule has 4 heterocycles. The summed E-state index contributed by atoms with van der Waals surface area (Å²) in [6.45, 7) is 4.99. The van der Waals surface area contributed by atoms with Crippen LogP contribution in [0.4, 0.5) is 0 Å². The zero-order valence-corrected chi connectivity index (χ0v) is 16.6. The fourth-order valence-electron chi connectivity index (χ4n) is 4.43. The molecule has 0 saturated heterocycles. The highest BCUT2D eigenvalue weighted by Gasteiger charge is 2.45. The minimum Gasteiger partial charge on any atom is -0.380 e. The molecular formula is C23H24N2O4. The minimum absolute atomic E-state index is 0.125. The molecule has 2 aliphatic rings. The van der Waals surface area contributed by atoms with E-state index in [1.807, 2.05) is 44.2 Å². The number of benzene rings is 1. The molecule has 5 rings (SSSR count). The van der Waals surface area contributed by atoms with E-state index < -0.39 is 11.9 Å². The Kier molecular flexibility index (Phi) is 4.31. The van der Waals surface area contributed by atoms with Crippen LogP contribution < -0.4 is 5.56 Å². The highest BCUT2D eigenvalue weighted by atomic mass is 16.7. The molecule has 6 nitrogen and oxygen atoms in total. The summed E-state index contributed by atoms with van der Waals surface area (Å²) in [7, 11) is 0. The number of fused-ring (bicyclic) bond motifs is 5. The smallest absolute Gasteiger partial charge is 0.257 e. The molecule has 6 heteroatoms. The zero-order chi connectivity index (χ0) is 20.2. The SMILES string of the molecule is CCCO[C@@H]1OCc2c(cc3n(c2=O)Cc2cc4ccccc4nc2-3)[C@@]1(O)CC. The van der Waals surface area contributed by atoms with Crippen molar-refractivity contribution in [1.29, 1.82) is 0 Å². The van der Waals surface area contributed by atoms with Gasteiger partial charge in [0.25, 0.3) is 5.56 Å². The Bertz CT molecular complexity index is 1170. The molecule has 0 spiro atoms. The van der Waals surface area contributed by atoms with Crippen molar-refractivity contribution in [2.75, 3.05) is 6.61 Å². The van der Waals surface area contributed by atoms with Crippen LogP contribution in [-0.2, 0) is 28.2 Å². The van der Waals surface area contributed by atoms with Gasteiger partial charge in [-0.25, -0.2) is 4.98 Å². The topological polar surface area (TPSA) is 73.6 Å². The Morgan fingerprint density at radius 1 is 1.31 bits per heavy atom. The first-order valence-corrected chi connectivity index (χ1v) is 10.2. The van der Waals surface area contributed by atoms with Crippen LogP contribution in [-0.4, -0.2) is 27.6 Å². The van der Waals surface area contributed by atoms with E-state index in [-0.39, 0.29) is 12.2 Å². The molecule has 2 aromatic heterocycles. The van der Waals surface area contributed by atoms with Gasteiger partial charge in [-0.15, -0.1) is 0 Å². The molecule has 29 heavy (non-hydrogen) atoms. The predicted octanol–water partition coefficient (Wildman–Crippen LogP) is 3.31. The van der Waals surface area contributed by atoms with Crippen molar-refractivity contribution >= 4 is 10.9 Å². The summed E-state index contributed by atoms with van der Waals surface area (Å²) in [5.74, 6) is 0. The number of aliphatic hydroxyl groups is 1. The van der Waals surface area contributed by atoms with Gasteiger partial charge in [-0.2, -0.15) is 0 Å². The lowest BCUT2D eigenvalue weighted by Gasteiger charge is -2.40. The molecule has 1 aromatic carbocycles. The second-order valence-corrected chi connectivity index (χ2v) is 7.79. The van der Waals surface area contributed by atoms with Gasteiger partial charge in [0.05, 0.1) is 30.1 Å². The van der Waals surface area contributed by atoms with Crippen molar-refractivity contribution in [3.8, 4) is 11.4 Å². The Hall–Kier alpha value is -2.54.